The van der Waals surface area contributed by atoms with Crippen molar-refractivity contribution < 1.29 is 14.3 Å². The Hall–Kier alpha value is -2.24. The number of rotatable bonds is 8. The van der Waals surface area contributed by atoms with Crippen molar-refractivity contribution >= 4 is 24.0 Å². The quantitative estimate of drug-likeness (QED) is 0.716. The van der Waals surface area contributed by atoms with E-state index >= 15 is 0 Å². The van der Waals surface area contributed by atoms with Gasteiger partial charge in [-0.3, -0.25) is 4.79 Å². The van der Waals surface area contributed by atoms with Gasteiger partial charge in [0, 0.05) is 18.7 Å². The largest absolute Gasteiger partial charge is 0.497 e. The van der Waals surface area contributed by atoms with Crippen LogP contribution >= 0.6 is 12.4 Å². The van der Waals surface area contributed by atoms with Gasteiger partial charge in [-0.2, -0.15) is 0 Å². The number of hydrogen-bond acceptors (Lipinski definition) is 4. The summed E-state index contributed by atoms with van der Waals surface area (Å²) in [5, 5.41) is 2.86. The average Bonchev–Trinajstić information content (AvgIpc) is 2.60. The summed E-state index contributed by atoms with van der Waals surface area (Å²) < 4.78 is 10.7. The first kappa shape index (κ1) is 19.8. The van der Waals surface area contributed by atoms with E-state index in [-0.39, 0.29) is 18.3 Å². The summed E-state index contributed by atoms with van der Waals surface area (Å²) in [5.74, 6) is 1.53. The van der Waals surface area contributed by atoms with E-state index in [4.69, 9.17) is 15.2 Å². The number of ether oxygens (including phenoxy) is 2. The third-order valence-electron chi connectivity index (χ3n) is 3.35. The number of benzene rings is 2. The summed E-state index contributed by atoms with van der Waals surface area (Å²) in [7, 11) is 1.62. The van der Waals surface area contributed by atoms with Crippen molar-refractivity contribution in [2.24, 2.45) is 5.73 Å². The fourth-order valence-electron chi connectivity index (χ4n) is 2.04. The molecule has 5 nitrogen and oxygen atoms in total. The van der Waals surface area contributed by atoms with Crippen LogP contribution in [0.15, 0.2) is 48.5 Å². The lowest BCUT2D eigenvalue weighted by Gasteiger charge is -2.08. The molecule has 6 heteroatoms. The molecule has 0 atom stereocenters. The molecule has 2 aromatic rings. The number of halogens is 1. The molecule has 0 unspecified atom stereocenters. The number of hydrogen-bond donors (Lipinski definition) is 2. The summed E-state index contributed by atoms with van der Waals surface area (Å²) in [6.07, 6.45) is 1.06. The second kappa shape index (κ2) is 10.5. The Morgan fingerprint density at radius 1 is 1.04 bits per heavy atom. The molecular weight excluding hydrogens is 328 g/mol. The number of carbonyl (C=O) groups excluding carboxylic acids is 1. The zero-order valence-corrected chi connectivity index (χ0v) is 14.5. The van der Waals surface area contributed by atoms with Gasteiger partial charge in [-0.25, -0.2) is 0 Å². The molecule has 0 saturated carbocycles. The second-order valence-electron chi connectivity index (χ2n) is 5.08. The maximum atomic E-state index is 11.9. The van der Waals surface area contributed by atoms with E-state index in [9.17, 15) is 4.79 Å². The maximum absolute atomic E-state index is 11.9. The Morgan fingerprint density at radius 3 is 2.25 bits per heavy atom. The first-order chi connectivity index (χ1) is 11.2. The fourth-order valence-corrected chi connectivity index (χ4v) is 2.04. The second-order valence-corrected chi connectivity index (χ2v) is 5.08. The van der Waals surface area contributed by atoms with Crippen LogP contribution in [0, 0.1) is 0 Å². The number of carbonyl (C=O) groups is 1. The predicted molar refractivity (Wildman–Crippen MR) is 97.9 cm³/mol. The Bertz CT molecular complexity index is 615. The molecule has 0 aliphatic carbocycles. The van der Waals surface area contributed by atoms with Crippen molar-refractivity contribution in [2.45, 2.75) is 19.4 Å². The minimum atomic E-state index is -0.0242. The number of methoxy groups -OCH3 is 1. The van der Waals surface area contributed by atoms with Crippen molar-refractivity contribution in [1.82, 2.24) is 0 Å². The SMILES string of the molecule is COc1ccc(OCCCC(=O)Nc2ccc(CN)cc2)cc1.Cl. The molecule has 0 bridgehead atoms. The summed E-state index contributed by atoms with van der Waals surface area (Å²) >= 11 is 0. The molecule has 1 amide bonds. The Labute approximate surface area is 148 Å². The fraction of sp³-hybridized carbons (Fsp3) is 0.278. The van der Waals surface area contributed by atoms with Crippen molar-refractivity contribution in [3.63, 3.8) is 0 Å². The van der Waals surface area contributed by atoms with E-state index in [1.54, 1.807) is 7.11 Å². The van der Waals surface area contributed by atoms with Gasteiger partial charge in [0.1, 0.15) is 11.5 Å². The number of anilines is 1. The lowest BCUT2D eigenvalue weighted by atomic mass is 10.2. The Kier molecular flexibility index (Phi) is 8.68. The molecule has 0 aliphatic heterocycles. The number of amides is 1. The van der Waals surface area contributed by atoms with Crippen LogP contribution in [-0.2, 0) is 11.3 Å². The molecule has 0 saturated heterocycles. The number of nitrogens with two attached hydrogens (primary N) is 1. The lowest BCUT2D eigenvalue weighted by molar-refractivity contribution is -0.116. The van der Waals surface area contributed by atoms with Crippen LogP contribution in [0.2, 0.25) is 0 Å². The Morgan fingerprint density at radius 2 is 1.67 bits per heavy atom. The van der Waals surface area contributed by atoms with Gasteiger partial charge in [-0.1, -0.05) is 12.1 Å². The van der Waals surface area contributed by atoms with Gasteiger partial charge in [-0.15, -0.1) is 12.4 Å². The van der Waals surface area contributed by atoms with Crippen LogP contribution < -0.4 is 20.5 Å². The van der Waals surface area contributed by atoms with Crippen LogP contribution in [0.4, 0.5) is 5.69 Å². The van der Waals surface area contributed by atoms with Crippen LogP contribution in [0.25, 0.3) is 0 Å². The van der Waals surface area contributed by atoms with E-state index in [0.717, 1.165) is 22.7 Å². The van der Waals surface area contributed by atoms with Crippen molar-refractivity contribution in [3.8, 4) is 11.5 Å². The zero-order valence-electron chi connectivity index (χ0n) is 13.7. The highest BCUT2D eigenvalue weighted by molar-refractivity contribution is 5.90. The monoisotopic (exact) mass is 350 g/mol. The first-order valence-corrected chi connectivity index (χ1v) is 7.57. The molecule has 24 heavy (non-hydrogen) atoms. The van der Waals surface area contributed by atoms with Gasteiger partial charge in [0.2, 0.25) is 5.91 Å². The molecule has 130 valence electrons. The highest BCUT2D eigenvalue weighted by Gasteiger charge is 2.03. The van der Waals surface area contributed by atoms with E-state index in [1.165, 1.54) is 0 Å². The molecule has 0 aromatic heterocycles. The van der Waals surface area contributed by atoms with Gasteiger partial charge >= 0.3 is 0 Å². The molecule has 2 rings (SSSR count). The predicted octanol–water partition coefficient (Wildman–Crippen LogP) is 3.37. The zero-order chi connectivity index (χ0) is 16.5. The average molecular weight is 351 g/mol. The molecule has 0 heterocycles. The van der Waals surface area contributed by atoms with Crippen LogP contribution in [0.5, 0.6) is 11.5 Å². The molecule has 2 aromatic carbocycles. The van der Waals surface area contributed by atoms with Crippen LogP contribution in [-0.4, -0.2) is 19.6 Å². The molecule has 0 spiro atoms. The highest BCUT2D eigenvalue weighted by Crippen LogP contribution is 2.17. The summed E-state index contributed by atoms with van der Waals surface area (Å²) in [6.45, 7) is 0.989. The smallest absolute Gasteiger partial charge is 0.224 e. The number of nitrogens with one attached hydrogen (secondary N) is 1. The normalized spacial score (nSPS) is 9.75. The third-order valence-corrected chi connectivity index (χ3v) is 3.35. The topological polar surface area (TPSA) is 73.6 Å². The van der Waals surface area contributed by atoms with Gasteiger partial charge in [-0.05, 0) is 48.4 Å². The van der Waals surface area contributed by atoms with E-state index in [0.29, 0.717) is 26.0 Å². The van der Waals surface area contributed by atoms with Crippen LogP contribution in [0.3, 0.4) is 0 Å². The summed E-state index contributed by atoms with van der Waals surface area (Å²) in [6, 6.07) is 14.9. The Balaban J connectivity index is 0.00000288. The molecule has 0 radical (unpaired) electrons. The van der Waals surface area contributed by atoms with Gasteiger partial charge in [0.15, 0.2) is 0 Å². The minimum absolute atomic E-state index is 0. The van der Waals surface area contributed by atoms with E-state index in [1.807, 2.05) is 48.5 Å². The van der Waals surface area contributed by atoms with E-state index < -0.39 is 0 Å². The van der Waals surface area contributed by atoms with E-state index in [2.05, 4.69) is 5.32 Å². The summed E-state index contributed by atoms with van der Waals surface area (Å²) in [4.78, 5) is 11.9. The molecule has 0 aliphatic rings. The highest BCUT2D eigenvalue weighted by atomic mass is 35.5. The standard InChI is InChI=1S/C18H22N2O3.ClH/c1-22-16-8-10-17(11-9-16)23-12-2-3-18(21)20-15-6-4-14(13-19)5-7-15;/h4-11H,2-3,12-13,19H2,1H3,(H,20,21);1H. The van der Waals surface area contributed by atoms with Gasteiger partial charge in [0.25, 0.3) is 0 Å². The lowest BCUT2D eigenvalue weighted by Crippen LogP contribution is -2.12. The first-order valence-electron chi connectivity index (χ1n) is 7.57. The molecule has 0 fully saturated rings. The van der Waals surface area contributed by atoms with Gasteiger partial charge in [0.05, 0.1) is 13.7 Å². The summed E-state index contributed by atoms with van der Waals surface area (Å²) in [5.41, 5.74) is 7.36. The minimum Gasteiger partial charge on any atom is -0.497 e. The van der Waals surface area contributed by atoms with Crippen molar-refractivity contribution in [2.75, 3.05) is 19.0 Å². The molecule has 3 N–H and O–H groups in total. The third kappa shape index (κ3) is 6.48. The molecular formula is C18H23ClN2O3. The van der Waals surface area contributed by atoms with Gasteiger partial charge < -0.3 is 20.5 Å². The van der Waals surface area contributed by atoms with Crippen molar-refractivity contribution in [1.29, 1.82) is 0 Å². The van der Waals surface area contributed by atoms with Crippen molar-refractivity contribution in [3.05, 3.63) is 54.1 Å². The maximum Gasteiger partial charge on any atom is 0.224 e. The van der Waals surface area contributed by atoms with Crippen LogP contribution in [0.1, 0.15) is 18.4 Å².